The van der Waals surface area contributed by atoms with Crippen molar-refractivity contribution in [2.45, 2.75) is 25.4 Å². The molecule has 1 saturated heterocycles. The number of fused-ring (bicyclic) bond motifs is 3. The van der Waals surface area contributed by atoms with Gasteiger partial charge in [0.25, 0.3) is 0 Å². The van der Waals surface area contributed by atoms with Gasteiger partial charge in [0.15, 0.2) is 0 Å². The van der Waals surface area contributed by atoms with E-state index in [4.69, 9.17) is 5.73 Å². The summed E-state index contributed by atoms with van der Waals surface area (Å²) in [7, 11) is 0. The highest BCUT2D eigenvalue weighted by Gasteiger charge is 2.35. The first-order chi connectivity index (χ1) is 10.2. The van der Waals surface area contributed by atoms with Gasteiger partial charge in [0.05, 0.1) is 6.04 Å². The third-order valence-corrected chi connectivity index (χ3v) is 4.89. The van der Waals surface area contributed by atoms with Gasteiger partial charge in [-0.1, -0.05) is 55.5 Å². The lowest BCUT2D eigenvalue weighted by molar-refractivity contribution is 0.135. The molecule has 1 fully saturated rings. The van der Waals surface area contributed by atoms with Gasteiger partial charge in [0, 0.05) is 19.1 Å². The van der Waals surface area contributed by atoms with E-state index in [1.807, 2.05) is 0 Å². The highest BCUT2D eigenvalue weighted by molar-refractivity contribution is 5.78. The van der Waals surface area contributed by atoms with Crippen molar-refractivity contribution in [1.29, 1.82) is 0 Å². The fourth-order valence-electron chi connectivity index (χ4n) is 4.18. The summed E-state index contributed by atoms with van der Waals surface area (Å²) in [5.74, 6) is 0.675. The van der Waals surface area contributed by atoms with Crippen molar-refractivity contribution in [3.05, 3.63) is 59.7 Å². The average molecular weight is 278 g/mol. The van der Waals surface area contributed by atoms with E-state index in [0.717, 1.165) is 19.5 Å². The van der Waals surface area contributed by atoms with Gasteiger partial charge < -0.3 is 5.73 Å². The smallest absolute Gasteiger partial charge is 0.0614 e. The first-order valence-corrected chi connectivity index (χ1v) is 7.92. The van der Waals surface area contributed by atoms with E-state index >= 15 is 0 Å². The molecule has 21 heavy (non-hydrogen) atoms. The highest BCUT2D eigenvalue weighted by atomic mass is 15.2. The molecule has 0 spiro atoms. The maximum atomic E-state index is 6.28. The monoisotopic (exact) mass is 278 g/mol. The van der Waals surface area contributed by atoms with Crippen molar-refractivity contribution in [1.82, 2.24) is 4.90 Å². The van der Waals surface area contributed by atoms with Crippen molar-refractivity contribution in [3.8, 4) is 11.1 Å². The first-order valence-electron chi connectivity index (χ1n) is 7.92. The Kier molecular flexibility index (Phi) is 3.09. The molecule has 0 amide bonds. The second kappa shape index (κ2) is 4.97. The molecule has 2 aromatic carbocycles. The number of likely N-dealkylation sites (tertiary alicyclic amines) is 1. The molecular weight excluding hydrogens is 256 g/mol. The van der Waals surface area contributed by atoms with Crippen molar-refractivity contribution >= 4 is 0 Å². The van der Waals surface area contributed by atoms with E-state index in [1.54, 1.807) is 0 Å². The summed E-state index contributed by atoms with van der Waals surface area (Å²) in [4.78, 5) is 2.59. The molecule has 2 aromatic rings. The van der Waals surface area contributed by atoms with Crippen LogP contribution >= 0.6 is 0 Å². The van der Waals surface area contributed by atoms with Crippen molar-refractivity contribution in [3.63, 3.8) is 0 Å². The summed E-state index contributed by atoms with van der Waals surface area (Å²) in [5, 5.41) is 0. The number of hydrogen-bond donors (Lipinski definition) is 1. The molecule has 2 aliphatic rings. The maximum absolute atomic E-state index is 6.28. The van der Waals surface area contributed by atoms with E-state index in [0.29, 0.717) is 18.0 Å². The average Bonchev–Trinajstić information content (AvgIpc) is 2.81. The molecule has 2 atom stereocenters. The zero-order valence-corrected chi connectivity index (χ0v) is 12.5. The van der Waals surface area contributed by atoms with Crippen LogP contribution in [-0.4, -0.2) is 24.0 Å². The number of nitrogens with two attached hydrogens (primary N) is 1. The lowest BCUT2D eigenvalue weighted by Gasteiger charge is -2.39. The number of rotatable bonds is 1. The van der Waals surface area contributed by atoms with Gasteiger partial charge in [0.1, 0.15) is 0 Å². The molecule has 1 heterocycles. The van der Waals surface area contributed by atoms with Gasteiger partial charge in [-0.15, -0.1) is 0 Å². The second-order valence-corrected chi connectivity index (χ2v) is 6.63. The fourth-order valence-corrected chi connectivity index (χ4v) is 4.18. The summed E-state index contributed by atoms with van der Waals surface area (Å²) < 4.78 is 0. The Hall–Kier alpha value is -1.64. The van der Waals surface area contributed by atoms with E-state index in [-0.39, 0.29) is 0 Å². The Morgan fingerprint density at radius 1 is 0.905 bits per heavy atom. The van der Waals surface area contributed by atoms with E-state index in [1.165, 1.54) is 22.3 Å². The van der Waals surface area contributed by atoms with Crippen molar-refractivity contribution in [2.24, 2.45) is 11.7 Å². The molecule has 108 valence electrons. The van der Waals surface area contributed by atoms with Crippen LogP contribution in [0.5, 0.6) is 0 Å². The lowest BCUT2D eigenvalue weighted by atomic mass is 9.93. The second-order valence-electron chi connectivity index (χ2n) is 6.63. The molecule has 2 N–H and O–H groups in total. The van der Waals surface area contributed by atoms with Crippen molar-refractivity contribution < 1.29 is 0 Å². The van der Waals surface area contributed by atoms with E-state index in [2.05, 4.69) is 60.4 Å². The highest BCUT2D eigenvalue weighted by Crippen LogP contribution is 2.46. The number of nitrogens with zero attached hydrogens (tertiary/aromatic N) is 1. The number of piperidine rings is 1. The van der Waals surface area contributed by atoms with Crippen LogP contribution < -0.4 is 5.73 Å². The van der Waals surface area contributed by atoms with Gasteiger partial charge >= 0.3 is 0 Å². The predicted octanol–water partition coefficient (Wildman–Crippen LogP) is 3.43. The van der Waals surface area contributed by atoms with Crippen LogP contribution in [-0.2, 0) is 0 Å². The molecule has 2 nitrogen and oxygen atoms in total. The molecule has 0 bridgehead atoms. The molecule has 4 rings (SSSR count). The summed E-state index contributed by atoms with van der Waals surface area (Å²) >= 11 is 0. The molecular formula is C19H22N2. The molecule has 0 radical (unpaired) electrons. The number of benzene rings is 2. The van der Waals surface area contributed by atoms with Crippen LogP contribution in [0.1, 0.15) is 30.5 Å². The normalized spacial score (nSPS) is 25.6. The van der Waals surface area contributed by atoms with Crippen LogP contribution in [0.15, 0.2) is 48.5 Å². The third kappa shape index (κ3) is 2.10. The van der Waals surface area contributed by atoms with Crippen LogP contribution in [0, 0.1) is 5.92 Å². The maximum Gasteiger partial charge on any atom is 0.0614 e. The van der Waals surface area contributed by atoms with Gasteiger partial charge in [-0.3, -0.25) is 4.90 Å². The van der Waals surface area contributed by atoms with Crippen LogP contribution in [0.4, 0.5) is 0 Å². The quantitative estimate of drug-likeness (QED) is 0.866. The summed E-state index contributed by atoms with van der Waals surface area (Å²) in [5.41, 5.74) is 12.0. The summed E-state index contributed by atoms with van der Waals surface area (Å²) in [6, 6.07) is 18.3. The standard InChI is InChI=1S/C19H22N2/c1-13-10-14(20)12-21(11-13)19-17-8-4-2-6-15(17)16-7-3-5-9-18(16)19/h2-9,13-14,19H,10-12,20H2,1H3. The molecule has 1 aliphatic heterocycles. The number of hydrogen-bond acceptors (Lipinski definition) is 2. The van der Waals surface area contributed by atoms with Gasteiger partial charge in [-0.25, -0.2) is 0 Å². The third-order valence-electron chi connectivity index (χ3n) is 4.89. The summed E-state index contributed by atoms with van der Waals surface area (Å²) in [6.07, 6.45) is 1.15. The van der Waals surface area contributed by atoms with Crippen LogP contribution in [0.3, 0.4) is 0 Å². The zero-order valence-electron chi connectivity index (χ0n) is 12.5. The summed E-state index contributed by atoms with van der Waals surface area (Å²) in [6.45, 7) is 4.46. The first kappa shape index (κ1) is 13.1. The van der Waals surface area contributed by atoms with Crippen LogP contribution in [0.25, 0.3) is 11.1 Å². The fraction of sp³-hybridized carbons (Fsp3) is 0.368. The van der Waals surface area contributed by atoms with Gasteiger partial charge in [0.2, 0.25) is 0 Å². The Balaban J connectivity index is 1.81. The van der Waals surface area contributed by atoms with E-state index in [9.17, 15) is 0 Å². The van der Waals surface area contributed by atoms with Gasteiger partial charge in [-0.05, 0) is 34.6 Å². The predicted molar refractivity (Wildman–Crippen MR) is 87.1 cm³/mol. The molecule has 1 aliphatic carbocycles. The SMILES string of the molecule is CC1CC(N)CN(C2c3ccccc3-c3ccccc32)C1. The largest absolute Gasteiger partial charge is 0.327 e. The van der Waals surface area contributed by atoms with Gasteiger partial charge in [-0.2, -0.15) is 0 Å². The minimum absolute atomic E-state index is 0.300. The Labute approximate surface area is 126 Å². The Morgan fingerprint density at radius 2 is 1.48 bits per heavy atom. The molecule has 0 aromatic heterocycles. The molecule has 0 saturated carbocycles. The topological polar surface area (TPSA) is 29.3 Å². The zero-order chi connectivity index (χ0) is 14.4. The Morgan fingerprint density at radius 3 is 2.05 bits per heavy atom. The molecule has 2 heteroatoms. The minimum Gasteiger partial charge on any atom is -0.327 e. The lowest BCUT2D eigenvalue weighted by Crippen LogP contribution is -2.47. The van der Waals surface area contributed by atoms with Crippen molar-refractivity contribution in [2.75, 3.05) is 13.1 Å². The minimum atomic E-state index is 0.300. The Bertz CT molecular complexity index is 609. The van der Waals surface area contributed by atoms with Crippen LogP contribution in [0.2, 0.25) is 0 Å². The molecule has 2 unspecified atom stereocenters. The van der Waals surface area contributed by atoms with E-state index < -0.39 is 0 Å².